The van der Waals surface area contributed by atoms with E-state index in [2.05, 4.69) is 13.8 Å². The van der Waals surface area contributed by atoms with E-state index in [1.165, 1.54) is 0 Å². The van der Waals surface area contributed by atoms with Crippen molar-refractivity contribution in [2.75, 3.05) is 6.61 Å². The highest BCUT2D eigenvalue weighted by atomic mass is 16.5. The molecule has 1 aliphatic carbocycles. The highest BCUT2D eigenvalue weighted by Gasteiger charge is 2.39. The van der Waals surface area contributed by atoms with Gasteiger partial charge in [0.2, 0.25) is 0 Å². The molecule has 1 aromatic carbocycles. The van der Waals surface area contributed by atoms with E-state index in [1.807, 2.05) is 18.2 Å². The number of carboxylic acids is 1. The first-order valence-corrected chi connectivity index (χ1v) is 7.58. The van der Waals surface area contributed by atoms with Crippen LogP contribution in [0.1, 0.15) is 50.3 Å². The molecule has 1 heterocycles. The molecule has 114 valence electrons. The van der Waals surface area contributed by atoms with Crippen LogP contribution in [-0.2, 0) is 10.2 Å². The molecule has 0 amide bonds. The van der Waals surface area contributed by atoms with Crippen LogP contribution in [0.25, 0.3) is 0 Å². The van der Waals surface area contributed by atoms with Gasteiger partial charge in [0.05, 0.1) is 18.6 Å². The van der Waals surface area contributed by atoms with Crippen molar-refractivity contribution in [2.45, 2.75) is 44.6 Å². The van der Waals surface area contributed by atoms with E-state index >= 15 is 0 Å². The van der Waals surface area contributed by atoms with Gasteiger partial charge in [0.15, 0.2) is 0 Å². The highest BCUT2D eigenvalue weighted by Crippen LogP contribution is 2.44. The van der Waals surface area contributed by atoms with E-state index < -0.39 is 18.0 Å². The number of fused-ring (bicyclic) bond motifs is 1. The van der Waals surface area contributed by atoms with E-state index in [0.717, 1.165) is 29.7 Å². The summed E-state index contributed by atoms with van der Waals surface area (Å²) in [5.41, 5.74) is 1.85. The molecule has 3 unspecified atom stereocenters. The first-order valence-electron chi connectivity index (χ1n) is 7.58. The Morgan fingerprint density at radius 1 is 1.38 bits per heavy atom. The minimum absolute atomic E-state index is 0.0626. The molecule has 4 nitrogen and oxygen atoms in total. The minimum atomic E-state index is -0.790. The van der Waals surface area contributed by atoms with Crippen LogP contribution in [0.3, 0.4) is 0 Å². The molecule has 0 radical (unpaired) electrons. The van der Waals surface area contributed by atoms with Gasteiger partial charge in [0.25, 0.3) is 0 Å². The van der Waals surface area contributed by atoms with Gasteiger partial charge in [-0.05, 0) is 30.5 Å². The Morgan fingerprint density at radius 2 is 2.14 bits per heavy atom. The number of benzene rings is 1. The summed E-state index contributed by atoms with van der Waals surface area (Å²) in [4.78, 5) is 11.3. The summed E-state index contributed by atoms with van der Waals surface area (Å²) < 4.78 is 5.66. The fourth-order valence-corrected chi connectivity index (χ4v) is 3.64. The summed E-state index contributed by atoms with van der Waals surface area (Å²) >= 11 is 0. The third-order valence-electron chi connectivity index (χ3n) is 4.95. The normalized spacial score (nSPS) is 28.0. The first kappa shape index (κ1) is 14.4. The topological polar surface area (TPSA) is 66.8 Å². The van der Waals surface area contributed by atoms with Crippen LogP contribution in [-0.4, -0.2) is 22.8 Å². The van der Waals surface area contributed by atoms with Crippen LogP contribution < -0.4 is 4.74 Å². The number of aliphatic hydroxyl groups is 1. The lowest BCUT2D eigenvalue weighted by atomic mass is 9.82. The van der Waals surface area contributed by atoms with Gasteiger partial charge >= 0.3 is 5.97 Å². The number of carbonyl (C=O) groups is 1. The lowest BCUT2D eigenvalue weighted by molar-refractivity contribution is -0.144. The Kier molecular flexibility index (Phi) is 3.44. The van der Waals surface area contributed by atoms with Crippen molar-refractivity contribution in [3.8, 4) is 5.75 Å². The van der Waals surface area contributed by atoms with Crippen LogP contribution in [0.4, 0.5) is 0 Å². The number of aliphatic hydroxyl groups excluding tert-OH is 1. The van der Waals surface area contributed by atoms with E-state index in [9.17, 15) is 15.0 Å². The Balaban J connectivity index is 1.89. The maximum absolute atomic E-state index is 11.3. The zero-order valence-electron chi connectivity index (χ0n) is 12.5. The third-order valence-corrected chi connectivity index (χ3v) is 4.95. The van der Waals surface area contributed by atoms with Crippen LogP contribution >= 0.6 is 0 Å². The highest BCUT2D eigenvalue weighted by molar-refractivity contribution is 5.70. The molecule has 4 heteroatoms. The van der Waals surface area contributed by atoms with Gasteiger partial charge in [-0.25, -0.2) is 0 Å². The number of hydrogen-bond acceptors (Lipinski definition) is 3. The summed E-state index contributed by atoms with van der Waals surface area (Å²) in [5, 5.41) is 19.9. The summed E-state index contributed by atoms with van der Waals surface area (Å²) in [6.45, 7) is 4.87. The predicted octanol–water partition coefficient (Wildman–Crippen LogP) is 2.89. The summed E-state index contributed by atoms with van der Waals surface area (Å²) in [5.74, 6) is -0.540. The molecule has 1 aromatic rings. The summed E-state index contributed by atoms with van der Waals surface area (Å²) in [6.07, 6.45) is 1.60. The van der Waals surface area contributed by atoms with Crippen molar-refractivity contribution in [1.82, 2.24) is 0 Å². The third kappa shape index (κ3) is 2.42. The maximum Gasteiger partial charge on any atom is 0.306 e. The molecule has 1 saturated carbocycles. The molecule has 0 aromatic heterocycles. The Morgan fingerprint density at radius 3 is 2.86 bits per heavy atom. The molecular weight excluding hydrogens is 268 g/mol. The summed E-state index contributed by atoms with van der Waals surface area (Å²) in [7, 11) is 0. The quantitative estimate of drug-likeness (QED) is 0.898. The molecular formula is C17H22O4. The number of aliphatic carboxylic acids is 1. The first-order chi connectivity index (χ1) is 9.90. The van der Waals surface area contributed by atoms with E-state index in [1.54, 1.807) is 0 Å². The number of rotatable bonds is 3. The summed E-state index contributed by atoms with van der Waals surface area (Å²) in [6, 6.07) is 5.75. The lowest BCUT2D eigenvalue weighted by Gasteiger charge is -2.24. The molecule has 1 fully saturated rings. The minimum Gasteiger partial charge on any atom is -0.492 e. The standard InChI is InChI=1S/C17H22O4/c1-17(2)9-21-14-7-6-10(8-13(14)17)15(18)11-4-3-5-12(11)16(19)20/h6-8,11-12,15,18H,3-5,9H2,1-2H3,(H,19,20). The lowest BCUT2D eigenvalue weighted by Crippen LogP contribution is -2.24. The van der Waals surface area contributed by atoms with Crippen molar-refractivity contribution in [3.05, 3.63) is 29.3 Å². The monoisotopic (exact) mass is 290 g/mol. The second-order valence-electron chi connectivity index (χ2n) is 6.91. The molecule has 0 spiro atoms. The number of carboxylic acid groups (broad SMARTS) is 1. The van der Waals surface area contributed by atoms with Gasteiger partial charge < -0.3 is 14.9 Å². The molecule has 21 heavy (non-hydrogen) atoms. The van der Waals surface area contributed by atoms with Crippen molar-refractivity contribution in [3.63, 3.8) is 0 Å². The largest absolute Gasteiger partial charge is 0.492 e. The van der Waals surface area contributed by atoms with Gasteiger partial charge in [0.1, 0.15) is 5.75 Å². The number of hydrogen-bond donors (Lipinski definition) is 2. The van der Waals surface area contributed by atoms with Crippen LogP contribution in [0.5, 0.6) is 5.75 Å². The second kappa shape index (κ2) is 5.02. The van der Waals surface area contributed by atoms with Crippen LogP contribution in [0, 0.1) is 11.8 Å². The Hall–Kier alpha value is -1.55. The Labute approximate surface area is 124 Å². The van der Waals surface area contributed by atoms with Crippen molar-refractivity contribution < 1.29 is 19.7 Å². The van der Waals surface area contributed by atoms with Crippen molar-refractivity contribution >= 4 is 5.97 Å². The predicted molar refractivity (Wildman–Crippen MR) is 78.4 cm³/mol. The molecule has 3 rings (SSSR count). The smallest absolute Gasteiger partial charge is 0.306 e. The van der Waals surface area contributed by atoms with Gasteiger partial charge in [0, 0.05) is 16.9 Å². The van der Waals surface area contributed by atoms with Crippen LogP contribution in [0.15, 0.2) is 18.2 Å². The molecule has 3 atom stereocenters. The van der Waals surface area contributed by atoms with Gasteiger partial charge in [-0.2, -0.15) is 0 Å². The molecule has 1 aliphatic heterocycles. The van der Waals surface area contributed by atoms with E-state index in [4.69, 9.17) is 4.74 Å². The molecule has 2 N–H and O–H groups in total. The van der Waals surface area contributed by atoms with Crippen molar-refractivity contribution in [2.24, 2.45) is 11.8 Å². The average Bonchev–Trinajstić information content (AvgIpc) is 3.03. The molecule has 2 aliphatic rings. The zero-order chi connectivity index (χ0) is 15.2. The molecule has 0 saturated heterocycles. The van der Waals surface area contributed by atoms with Gasteiger partial charge in [-0.15, -0.1) is 0 Å². The van der Waals surface area contributed by atoms with Gasteiger partial charge in [-0.3, -0.25) is 4.79 Å². The SMILES string of the molecule is CC1(C)COc2ccc(C(O)C3CCCC3C(=O)O)cc21. The van der Waals surface area contributed by atoms with Gasteiger partial charge in [-0.1, -0.05) is 26.3 Å². The number of ether oxygens (including phenoxy) is 1. The van der Waals surface area contributed by atoms with E-state index in [0.29, 0.717) is 13.0 Å². The average molecular weight is 290 g/mol. The molecule has 0 bridgehead atoms. The Bertz CT molecular complexity index is 564. The zero-order valence-corrected chi connectivity index (χ0v) is 12.5. The van der Waals surface area contributed by atoms with E-state index in [-0.39, 0.29) is 11.3 Å². The van der Waals surface area contributed by atoms with Crippen LogP contribution in [0.2, 0.25) is 0 Å². The fourth-order valence-electron chi connectivity index (χ4n) is 3.64. The fraction of sp³-hybridized carbons (Fsp3) is 0.588. The second-order valence-corrected chi connectivity index (χ2v) is 6.91. The maximum atomic E-state index is 11.3. The van der Waals surface area contributed by atoms with Crippen molar-refractivity contribution in [1.29, 1.82) is 0 Å².